The summed E-state index contributed by atoms with van der Waals surface area (Å²) < 4.78 is 6.73. The number of alkyl halides is 1. The molecule has 1 aromatic heterocycles. The van der Waals surface area contributed by atoms with Gasteiger partial charge in [0.15, 0.2) is 0 Å². The van der Waals surface area contributed by atoms with E-state index in [2.05, 4.69) is 15.9 Å². The molecule has 0 N–H and O–H groups in total. The molecule has 0 saturated carbocycles. The van der Waals surface area contributed by atoms with Crippen LogP contribution >= 0.6 is 15.9 Å². The summed E-state index contributed by atoms with van der Waals surface area (Å²) in [5.41, 5.74) is 0.435. The Hall–Kier alpha value is -0.770. The smallest absolute Gasteiger partial charge is 0.418 e. The van der Waals surface area contributed by atoms with Crippen molar-refractivity contribution >= 4 is 22.0 Å². The van der Waals surface area contributed by atoms with Crippen LogP contribution in [0.4, 0.5) is 4.79 Å². The third-order valence-electron chi connectivity index (χ3n) is 1.56. The van der Waals surface area contributed by atoms with Crippen molar-refractivity contribution in [2.45, 2.75) is 31.7 Å². The Balaban J connectivity index is 2.80. The third-order valence-corrected chi connectivity index (χ3v) is 2.13. The molecule has 78 valence electrons. The van der Waals surface area contributed by atoms with E-state index in [9.17, 15) is 4.79 Å². The maximum Gasteiger partial charge on any atom is 0.418 e. The fraction of sp³-hybridized carbons (Fsp3) is 0.500. The van der Waals surface area contributed by atoms with Gasteiger partial charge in [-0.1, -0.05) is 15.9 Å². The lowest BCUT2D eigenvalue weighted by atomic mass is 10.2. The number of carbonyl (C=O) groups excluding carboxylic acids is 1. The quantitative estimate of drug-likeness (QED) is 0.726. The first-order valence-corrected chi connectivity index (χ1v) is 5.52. The van der Waals surface area contributed by atoms with Crippen molar-refractivity contribution in [2.24, 2.45) is 0 Å². The SMILES string of the molecule is CC(C)(C)OC(=O)n1cccc1CBr. The molecule has 0 aliphatic carbocycles. The molecule has 0 radical (unpaired) electrons. The summed E-state index contributed by atoms with van der Waals surface area (Å²) in [6.07, 6.45) is 1.36. The largest absolute Gasteiger partial charge is 0.443 e. The number of halogens is 1. The van der Waals surface area contributed by atoms with Gasteiger partial charge in [0.05, 0.1) is 0 Å². The highest BCUT2D eigenvalue weighted by Crippen LogP contribution is 2.12. The summed E-state index contributed by atoms with van der Waals surface area (Å²) in [6.45, 7) is 5.55. The zero-order chi connectivity index (χ0) is 10.8. The fourth-order valence-corrected chi connectivity index (χ4v) is 1.47. The van der Waals surface area contributed by atoms with Crippen LogP contribution in [0.25, 0.3) is 0 Å². The lowest BCUT2D eigenvalue weighted by Gasteiger charge is -2.20. The van der Waals surface area contributed by atoms with Crippen LogP contribution < -0.4 is 0 Å². The Morgan fingerprint density at radius 3 is 2.71 bits per heavy atom. The summed E-state index contributed by atoms with van der Waals surface area (Å²) in [5, 5.41) is 0.638. The van der Waals surface area contributed by atoms with Gasteiger partial charge >= 0.3 is 6.09 Å². The molecule has 1 rings (SSSR count). The standard InChI is InChI=1S/C10H14BrNO2/c1-10(2,3)14-9(13)12-6-4-5-8(12)7-11/h4-6H,7H2,1-3H3. The van der Waals surface area contributed by atoms with Crippen molar-refractivity contribution < 1.29 is 9.53 Å². The van der Waals surface area contributed by atoms with E-state index in [1.54, 1.807) is 6.20 Å². The molecule has 0 spiro atoms. The summed E-state index contributed by atoms with van der Waals surface area (Å²) in [6, 6.07) is 3.69. The first-order valence-electron chi connectivity index (χ1n) is 4.39. The number of hydrogen-bond acceptors (Lipinski definition) is 2. The Labute approximate surface area is 92.2 Å². The van der Waals surface area contributed by atoms with Gasteiger partial charge in [0, 0.05) is 17.2 Å². The molecule has 0 amide bonds. The van der Waals surface area contributed by atoms with Crippen LogP contribution in [-0.4, -0.2) is 16.3 Å². The first kappa shape index (κ1) is 11.3. The van der Waals surface area contributed by atoms with Gasteiger partial charge in [0.2, 0.25) is 0 Å². The monoisotopic (exact) mass is 259 g/mol. The minimum atomic E-state index is -0.453. The van der Waals surface area contributed by atoms with Crippen molar-refractivity contribution in [3.63, 3.8) is 0 Å². The van der Waals surface area contributed by atoms with Crippen LogP contribution in [0.15, 0.2) is 18.3 Å². The highest BCUT2D eigenvalue weighted by Gasteiger charge is 2.18. The number of rotatable bonds is 1. The summed E-state index contributed by atoms with van der Waals surface area (Å²) in [4.78, 5) is 11.6. The van der Waals surface area contributed by atoms with Crippen molar-refractivity contribution in [1.29, 1.82) is 0 Å². The molecule has 14 heavy (non-hydrogen) atoms. The molecule has 1 heterocycles. The first-order chi connectivity index (χ1) is 6.44. The van der Waals surface area contributed by atoms with Gasteiger partial charge in [-0.2, -0.15) is 0 Å². The minimum Gasteiger partial charge on any atom is -0.443 e. The second-order valence-corrected chi connectivity index (χ2v) is 4.54. The van der Waals surface area contributed by atoms with Crippen molar-refractivity contribution in [1.82, 2.24) is 4.57 Å². The van der Waals surface area contributed by atoms with Crippen LogP contribution in [0.2, 0.25) is 0 Å². The van der Waals surface area contributed by atoms with Crippen molar-refractivity contribution in [3.8, 4) is 0 Å². The normalized spacial score (nSPS) is 11.4. The average Bonchev–Trinajstić information content (AvgIpc) is 2.47. The number of nitrogens with zero attached hydrogens (tertiary/aromatic N) is 1. The van der Waals surface area contributed by atoms with Crippen molar-refractivity contribution in [2.75, 3.05) is 0 Å². The fourth-order valence-electron chi connectivity index (χ4n) is 1.01. The van der Waals surface area contributed by atoms with Crippen molar-refractivity contribution in [3.05, 3.63) is 24.0 Å². The molecule has 0 fully saturated rings. The highest BCUT2D eigenvalue weighted by atomic mass is 79.9. The summed E-state index contributed by atoms with van der Waals surface area (Å²) >= 11 is 3.31. The molecular formula is C10H14BrNO2. The molecule has 1 aromatic rings. The van der Waals surface area contributed by atoms with Gasteiger partial charge < -0.3 is 4.74 Å². The molecular weight excluding hydrogens is 246 g/mol. The molecule has 0 atom stereocenters. The maximum atomic E-state index is 11.6. The summed E-state index contributed by atoms with van der Waals surface area (Å²) in [7, 11) is 0. The second kappa shape index (κ2) is 4.17. The summed E-state index contributed by atoms with van der Waals surface area (Å²) in [5.74, 6) is 0. The van der Waals surface area contributed by atoms with E-state index in [1.165, 1.54) is 4.57 Å². The molecule has 0 unspecified atom stereocenters. The van der Waals surface area contributed by atoms with Crippen LogP contribution in [0.5, 0.6) is 0 Å². The predicted molar refractivity (Wildman–Crippen MR) is 58.7 cm³/mol. The van der Waals surface area contributed by atoms with Gasteiger partial charge in [-0.25, -0.2) is 4.79 Å². The topological polar surface area (TPSA) is 31.2 Å². The van der Waals surface area contributed by atoms with Crippen LogP contribution in [0.3, 0.4) is 0 Å². The van der Waals surface area contributed by atoms with E-state index in [-0.39, 0.29) is 6.09 Å². The van der Waals surface area contributed by atoms with E-state index in [1.807, 2.05) is 32.9 Å². The Morgan fingerprint density at radius 1 is 1.57 bits per heavy atom. The second-order valence-electron chi connectivity index (χ2n) is 3.98. The van der Waals surface area contributed by atoms with Gasteiger partial charge in [-0.05, 0) is 32.9 Å². The zero-order valence-electron chi connectivity index (χ0n) is 8.58. The van der Waals surface area contributed by atoms with Gasteiger partial charge in [-0.3, -0.25) is 4.57 Å². The lowest BCUT2D eigenvalue weighted by Crippen LogP contribution is -2.27. The van der Waals surface area contributed by atoms with Crippen LogP contribution in [0.1, 0.15) is 26.5 Å². The molecule has 4 heteroatoms. The van der Waals surface area contributed by atoms with Gasteiger partial charge in [0.1, 0.15) is 5.60 Å². The van der Waals surface area contributed by atoms with Crippen LogP contribution in [-0.2, 0) is 10.1 Å². The molecule has 0 bridgehead atoms. The molecule has 0 aliphatic heterocycles. The Bertz CT molecular complexity index is 325. The third kappa shape index (κ3) is 2.87. The molecule has 3 nitrogen and oxygen atoms in total. The van der Waals surface area contributed by atoms with Gasteiger partial charge in [-0.15, -0.1) is 0 Å². The number of aromatic nitrogens is 1. The molecule has 0 aliphatic rings. The number of ether oxygens (including phenoxy) is 1. The van der Waals surface area contributed by atoms with E-state index < -0.39 is 5.60 Å². The van der Waals surface area contributed by atoms with Crippen LogP contribution in [0, 0.1) is 0 Å². The minimum absolute atomic E-state index is 0.336. The Morgan fingerprint density at radius 2 is 2.21 bits per heavy atom. The van der Waals surface area contributed by atoms with Gasteiger partial charge in [0.25, 0.3) is 0 Å². The zero-order valence-corrected chi connectivity index (χ0v) is 10.2. The average molecular weight is 260 g/mol. The predicted octanol–water partition coefficient (Wildman–Crippen LogP) is 3.17. The Kier molecular flexibility index (Phi) is 3.37. The van der Waals surface area contributed by atoms with E-state index in [4.69, 9.17) is 4.74 Å². The molecule has 0 aromatic carbocycles. The maximum absolute atomic E-state index is 11.6. The highest BCUT2D eigenvalue weighted by molar-refractivity contribution is 9.08. The van der Waals surface area contributed by atoms with E-state index >= 15 is 0 Å². The van der Waals surface area contributed by atoms with E-state index in [0.717, 1.165) is 5.69 Å². The number of carbonyl (C=O) groups is 1. The number of hydrogen-bond donors (Lipinski definition) is 0. The van der Waals surface area contributed by atoms with E-state index in [0.29, 0.717) is 5.33 Å². The lowest BCUT2D eigenvalue weighted by molar-refractivity contribution is 0.0534. The molecule has 0 saturated heterocycles.